The number of nitrogens with zero attached hydrogens (tertiary/aromatic N) is 2. The molecular weight excluding hydrogens is 374 g/mol. The van der Waals surface area contributed by atoms with Crippen LogP contribution < -0.4 is 21.9 Å². The Kier molecular flexibility index (Phi) is 5.96. The lowest BCUT2D eigenvalue weighted by molar-refractivity contribution is -0.124. The number of primary amides is 1. The van der Waals surface area contributed by atoms with Gasteiger partial charge in [-0.1, -0.05) is 6.07 Å². The van der Waals surface area contributed by atoms with Crippen LogP contribution in [0.5, 0.6) is 0 Å². The van der Waals surface area contributed by atoms with Crippen LogP contribution in [0.1, 0.15) is 23.2 Å². The highest BCUT2D eigenvalue weighted by molar-refractivity contribution is 5.95. The molecule has 2 heterocycles. The molecule has 152 valence electrons. The highest BCUT2D eigenvalue weighted by Gasteiger charge is 2.38. The van der Waals surface area contributed by atoms with Gasteiger partial charge in [-0.05, 0) is 43.2 Å². The molecule has 0 bridgehead atoms. The number of carbonyl (C=O) groups excluding carboxylic acids is 3. The Bertz CT molecular complexity index is 969. The maximum absolute atomic E-state index is 12.7. The first-order valence-corrected chi connectivity index (χ1v) is 9.29. The molecule has 2 aromatic rings. The van der Waals surface area contributed by atoms with Crippen molar-refractivity contribution in [2.24, 2.45) is 5.73 Å². The Labute approximate surface area is 167 Å². The van der Waals surface area contributed by atoms with Gasteiger partial charge in [0, 0.05) is 37.1 Å². The number of carbonyl (C=O) groups is 3. The monoisotopic (exact) mass is 397 g/mol. The van der Waals surface area contributed by atoms with E-state index < -0.39 is 24.0 Å². The normalized spacial score (nSPS) is 18.7. The second kappa shape index (κ2) is 8.59. The number of nitrogens with two attached hydrogens (primary N) is 1. The van der Waals surface area contributed by atoms with Gasteiger partial charge in [-0.2, -0.15) is 0 Å². The molecule has 1 aromatic carbocycles. The summed E-state index contributed by atoms with van der Waals surface area (Å²) in [6, 6.07) is 9.47. The van der Waals surface area contributed by atoms with Crippen LogP contribution in [0.15, 0.2) is 53.5 Å². The topological polar surface area (TPSA) is 127 Å². The van der Waals surface area contributed by atoms with E-state index in [0.717, 1.165) is 0 Å². The molecule has 1 fully saturated rings. The minimum Gasteiger partial charge on any atom is -0.368 e. The summed E-state index contributed by atoms with van der Waals surface area (Å²) in [6.07, 6.45) is 2.81. The van der Waals surface area contributed by atoms with E-state index in [1.54, 1.807) is 42.6 Å². The number of pyridine rings is 1. The van der Waals surface area contributed by atoms with Crippen LogP contribution in [0.3, 0.4) is 0 Å². The van der Waals surface area contributed by atoms with Crippen LogP contribution >= 0.6 is 0 Å². The molecular formula is C20H23N5O4. The van der Waals surface area contributed by atoms with Crippen molar-refractivity contribution in [2.45, 2.75) is 24.9 Å². The van der Waals surface area contributed by atoms with E-state index in [1.807, 2.05) is 0 Å². The minimum absolute atomic E-state index is 0.175. The average molecular weight is 397 g/mol. The smallest absolute Gasteiger partial charge is 0.317 e. The molecule has 0 aliphatic carbocycles. The lowest BCUT2D eigenvalue weighted by Gasteiger charge is -2.39. The Morgan fingerprint density at radius 1 is 1.10 bits per heavy atom. The van der Waals surface area contributed by atoms with E-state index in [1.165, 1.54) is 22.6 Å². The van der Waals surface area contributed by atoms with Crippen molar-refractivity contribution >= 4 is 17.8 Å². The molecule has 2 unspecified atom stereocenters. The summed E-state index contributed by atoms with van der Waals surface area (Å²) in [4.78, 5) is 50.0. The fraction of sp³-hybridized carbons (Fsp3) is 0.300. The van der Waals surface area contributed by atoms with Crippen molar-refractivity contribution in [3.8, 4) is 5.69 Å². The fourth-order valence-corrected chi connectivity index (χ4v) is 3.54. The second-order valence-corrected chi connectivity index (χ2v) is 6.77. The number of hydrogen-bond donors (Lipinski definition) is 3. The number of aromatic nitrogens is 1. The van der Waals surface area contributed by atoms with Crippen molar-refractivity contribution in [2.75, 3.05) is 13.6 Å². The number of likely N-dealkylation sites (tertiary alicyclic amines) is 1. The number of nitrogens with one attached hydrogen (secondary N) is 2. The summed E-state index contributed by atoms with van der Waals surface area (Å²) in [5.41, 5.74) is 6.34. The first-order valence-electron chi connectivity index (χ1n) is 9.29. The second-order valence-electron chi connectivity index (χ2n) is 6.77. The fourth-order valence-electron chi connectivity index (χ4n) is 3.54. The zero-order chi connectivity index (χ0) is 21.0. The molecule has 2 atom stereocenters. The molecule has 4 amide bonds. The summed E-state index contributed by atoms with van der Waals surface area (Å²) < 4.78 is 1.47. The van der Waals surface area contributed by atoms with Gasteiger partial charge in [0.05, 0.1) is 6.04 Å². The molecule has 3 rings (SSSR count). The molecule has 29 heavy (non-hydrogen) atoms. The average Bonchev–Trinajstić information content (AvgIpc) is 2.73. The third kappa shape index (κ3) is 4.29. The molecule has 0 spiro atoms. The number of urea groups is 1. The maximum Gasteiger partial charge on any atom is 0.317 e. The number of benzene rings is 1. The van der Waals surface area contributed by atoms with E-state index in [9.17, 15) is 19.2 Å². The third-order valence-corrected chi connectivity index (χ3v) is 4.94. The Balaban J connectivity index is 1.76. The molecule has 1 saturated heterocycles. The summed E-state index contributed by atoms with van der Waals surface area (Å²) >= 11 is 0. The van der Waals surface area contributed by atoms with E-state index in [4.69, 9.17) is 5.73 Å². The van der Waals surface area contributed by atoms with E-state index in [2.05, 4.69) is 10.6 Å². The van der Waals surface area contributed by atoms with Crippen LogP contribution in [-0.2, 0) is 4.79 Å². The minimum atomic E-state index is -0.921. The van der Waals surface area contributed by atoms with Gasteiger partial charge in [0.25, 0.3) is 11.5 Å². The molecule has 1 aliphatic rings. The SMILES string of the molecule is CNC(=O)N1CCCC(NC(=O)c2ccc(-n3ccccc3=O)cc2)C1C(N)=O. The summed E-state index contributed by atoms with van der Waals surface area (Å²) in [7, 11) is 1.47. The molecule has 9 nitrogen and oxygen atoms in total. The van der Waals surface area contributed by atoms with Gasteiger partial charge in [-0.25, -0.2) is 4.79 Å². The van der Waals surface area contributed by atoms with Crippen molar-refractivity contribution in [1.29, 1.82) is 0 Å². The molecule has 9 heteroatoms. The van der Waals surface area contributed by atoms with Gasteiger partial charge >= 0.3 is 6.03 Å². The van der Waals surface area contributed by atoms with Gasteiger partial charge in [-0.3, -0.25) is 19.0 Å². The number of rotatable bonds is 4. The maximum atomic E-state index is 12.7. The predicted octanol–water partition coefficient (Wildman–Crippen LogP) is 0.225. The Hall–Kier alpha value is -3.62. The number of amides is 4. The molecule has 0 saturated carbocycles. The molecule has 0 radical (unpaired) electrons. The van der Waals surface area contributed by atoms with Crippen LogP contribution in [0, 0.1) is 0 Å². The quantitative estimate of drug-likeness (QED) is 0.682. The first kappa shape index (κ1) is 20.1. The Morgan fingerprint density at radius 2 is 1.83 bits per heavy atom. The van der Waals surface area contributed by atoms with Gasteiger partial charge in [0.15, 0.2) is 0 Å². The molecule has 1 aliphatic heterocycles. The zero-order valence-corrected chi connectivity index (χ0v) is 16.0. The van der Waals surface area contributed by atoms with Crippen molar-refractivity contribution < 1.29 is 14.4 Å². The lowest BCUT2D eigenvalue weighted by atomic mass is 9.95. The van der Waals surface area contributed by atoms with Crippen LogP contribution in [0.4, 0.5) is 4.79 Å². The third-order valence-electron chi connectivity index (χ3n) is 4.94. The van der Waals surface area contributed by atoms with E-state index in [0.29, 0.717) is 30.6 Å². The number of hydrogen-bond acceptors (Lipinski definition) is 4. The van der Waals surface area contributed by atoms with Crippen LogP contribution in [-0.4, -0.2) is 53.0 Å². The standard InChI is InChI=1S/C20H23N5O4/c1-22-20(29)25-12-4-5-15(17(25)18(21)27)23-19(28)13-7-9-14(10-8-13)24-11-3-2-6-16(24)26/h2-3,6-11,15,17H,4-5,12H2,1H3,(H2,21,27)(H,22,29)(H,23,28). The van der Waals surface area contributed by atoms with Gasteiger partial charge in [0.1, 0.15) is 6.04 Å². The zero-order valence-electron chi connectivity index (χ0n) is 16.0. The van der Waals surface area contributed by atoms with Crippen LogP contribution in [0.25, 0.3) is 5.69 Å². The van der Waals surface area contributed by atoms with Crippen molar-refractivity contribution in [1.82, 2.24) is 20.1 Å². The van der Waals surface area contributed by atoms with Gasteiger partial charge in [-0.15, -0.1) is 0 Å². The van der Waals surface area contributed by atoms with Gasteiger partial charge in [0.2, 0.25) is 5.91 Å². The van der Waals surface area contributed by atoms with Crippen molar-refractivity contribution in [3.05, 3.63) is 64.6 Å². The van der Waals surface area contributed by atoms with Crippen molar-refractivity contribution in [3.63, 3.8) is 0 Å². The van der Waals surface area contributed by atoms with Gasteiger partial charge < -0.3 is 21.3 Å². The number of piperidine rings is 1. The molecule has 1 aromatic heterocycles. The largest absolute Gasteiger partial charge is 0.368 e. The highest BCUT2D eigenvalue weighted by Crippen LogP contribution is 2.19. The molecule has 4 N–H and O–H groups in total. The van der Waals surface area contributed by atoms with E-state index >= 15 is 0 Å². The Morgan fingerprint density at radius 3 is 2.45 bits per heavy atom. The highest BCUT2D eigenvalue weighted by atomic mass is 16.2. The summed E-state index contributed by atoms with van der Waals surface area (Å²) in [5, 5.41) is 5.31. The van der Waals surface area contributed by atoms with Crippen LogP contribution in [0.2, 0.25) is 0 Å². The van der Waals surface area contributed by atoms with E-state index in [-0.39, 0.29) is 11.5 Å². The summed E-state index contributed by atoms with van der Waals surface area (Å²) in [6.45, 7) is 0.389. The lowest BCUT2D eigenvalue weighted by Crippen LogP contribution is -2.63. The summed E-state index contributed by atoms with van der Waals surface area (Å²) in [5.74, 6) is -1.05. The first-order chi connectivity index (χ1) is 13.9. The predicted molar refractivity (Wildman–Crippen MR) is 107 cm³/mol.